The summed E-state index contributed by atoms with van der Waals surface area (Å²) in [5, 5.41) is 4.19. The van der Waals surface area contributed by atoms with E-state index in [0.717, 1.165) is 10.5 Å². The number of hydrogen-bond donors (Lipinski definition) is 1. The van der Waals surface area contributed by atoms with Crippen molar-refractivity contribution in [2.24, 2.45) is 0 Å². The molecule has 1 heterocycles. The number of halogens is 3. The third-order valence-electron chi connectivity index (χ3n) is 5.57. The van der Waals surface area contributed by atoms with Crippen LogP contribution in [0.1, 0.15) is 32.7 Å². The Kier molecular flexibility index (Phi) is 8.06. The molecule has 10 heteroatoms. The standard InChI is InChI=1S/C26H19Cl3N2O5/c27-17-7-10-19(21(29)11-17)23(32)14-36-26(35)15-5-8-18(9-6-15)31-24(33)12-22(25(31)34)30-13-16-3-1-2-4-20(16)28/h1-11,22,30H,12-14H2. The van der Waals surface area contributed by atoms with E-state index in [-0.39, 0.29) is 28.5 Å². The van der Waals surface area contributed by atoms with E-state index in [1.54, 1.807) is 6.07 Å². The first-order valence-electron chi connectivity index (χ1n) is 10.8. The Morgan fingerprint density at radius 2 is 1.67 bits per heavy atom. The van der Waals surface area contributed by atoms with Gasteiger partial charge in [-0.3, -0.25) is 14.4 Å². The van der Waals surface area contributed by atoms with Gasteiger partial charge in [-0.25, -0.2) is 9.69 Å². The van der Waals surface area contributed by atoms with Crippen LogP contribution in [-0.4, -0.2) is 36.2 Å². The van der Waals surface area contributed by atoms with Gasteiger partial charge >= 0.3 is 5.97 Å². The van der Waals surface area contributed by atoms with Crippen molar-refractivity contribution in [1.29, 1.82) is 0 Å². The van der Waals surface area contributed by atoms with Crippen molar-refractivity contribution in [3.63, 3.8) is 0 Å². The molecule has 0 aliphatic carbocycles. The van der Waals surface area contributed by atoms with Crippen molar-refractivity contribution in [2.75, 3.05) is 11.5 Å². The molecule has 1 fully saturated rings. The Labute approximate surface area is 221 Å². The number of rotatable bonds is 8. The van der Waals surface area contributed by atoms with Gasteiger partial charge in [-0.05, 0) is 54.1 Å². The van der Waals surface area contributed by atoms with E-state index in [9.17, 15) is 19.2 Å². The lowest BCUT2D eigenvalue weighted by atomic mass is 10.1. The highest BCUT2D eigenvalue weighted by Crippen LogP contribution is 2.25. The van der Waals surface area contributed by atoms with E-state index in [2.05, 4.69) is 5.32 Å². The van der Waals surface area contributed by atoms with Crippen molar-refractivity contribution in [3.8, 4) is 0 Å². The lowest BCUT2D eigenvalue weighted by Gasteiger charge is -2.16. The molecule has 1 saturated heterocycles. The van der Waals surface area contributed by atoms with Crippen LogP contribution >= 0.6 is 34.8 Å². The van der Waals surface area contributed by atoms with Crippen LogP contribution in [0, 0.1) is 0 Å². The number of ether oxygens (including phenoxy) is 1. The summed E-state index contributed by atoms with van der Waals surface area (Å²) in [5.41, 5.74) is 1.49. The quantitative estimate of drug-likeness (QED) is 0.240. The second-order valence-electron chi connectivity index (χ2n) is 7.97. The van der Waals surface area contributed by atoms with E-state index in [1.807, 2.05) is 18.2 Å². The van der Waals surface area contributed by atoms with Gasteiger partial charge in [0, 0.05) is 22.2 Å². The zero-order valence-electron chi connectivity index (χ0n) is 18.7. The summed E-state index contributed by atoms with van der Waals surface area (Å²) < 4.78 is 5.09. The van der Waals surface area contributed by atoms with Crippen molar-refractivity contribution < 1.29 is 23.9 Å². The van der Waals surface area contributed by atoms with E-state index in [0.29, 0.717) is 22.3 Å². The maximum Gasteiger partial charge on any atom is 0.338 e. The number of carbonyl (C=O) groups is 4. The molecule has 1 aliphatic rings. The fourth-order valence-electron chi connectivity index (χ4n) is 3.69. The van der Waals surface area contributed by atoms with Crippen LogP contribution in [0.25, 0.3) is 0 Å². The minimum absolute atomic E-state index is 0.00243. The lowest BCUT2D eigenvalue weighted by molar-refractivity contribution is -0.121. The molecule has 4 rings (SSSR count). The van der Waals surface area contributed by atoms with Crippen molar-refractivity contribution in [2.45, 2.75) is 19.0 Å². The number of carbonyl (C=O) groups excluding carboxylic acids is 4. The predicted octanol–water partition coefficient (Wildman–Crippen LogP) is 5.11. The largest absolute Gasteiger partial charge is 0.454 e. The van der Waals surface area contributed by atoms with Gasteiger partial charge in [0.2, 0.25) is 11.7 Å². The van der Waals surface area contributed by atoms with E-state index in [4.69, 9.17) is 39.5 Å². The van der Waals surface area contributed by atoms with E-state index in [1.165, 1.54) is 42.5 Å². The molecule has 0 radical (unpaired) electrons. The first kappa shape index (κ1) is 25.9. The first-order chi connectivity index (χ1) is 17.2. The van der Waals surface area contributed by atoms with Crippen LogP contribution in [0.15, 0.2) is 66.7 Å². The van der Waals surface area contributed by atoms with Crippen LogP contribution in [0.2, 0.25) is 15.1 Å². The van der Waals surface area contributed by atoms with Crippen LogP contribution in [0.5, 0.6) is 0 Å². The molecule has 7 nitrogen and oxygen atoms in total. The average molecular weight is 546 g/mol. The molecule has 3 aromatic rings. The summed E-state index contributed by atoms with van der Waals surface area (Å²) >= 11 is 18.0. The van der Waals surface area contributed by atoms with Gasteiger partial charge in [-0.15, -0.1) is 0 Å². The molecule has 184 valence electrons. The zero-order valence-corrected chi connectivity index (χ0v) is 20.9. The molecule has 1 N–H and O–H groups in total. The molecule has 3 aromatic carbocycles. The average Bonchev–Trinajstić information content (AvgIpc) is 3.14. The normalized spacial score (nSPS) is 15.3. The Hall–Kier alpha value is -3.23. The van der Waals surface area contributed by atoms with Gasteiger partial charge in [-0.1, -0.05) is 53.0 Å². The number of Topliss-reactive ketones (excluding diaryl/α,β-unsaturated/α-hetero) is 1. The Bertz CT molecular complexity index is 1340. The Morgan fingerprint density at radius 1 is 0.944 bits per heavy atom. The van der Waals surface area contributed by atoms with Gasteiger partial charge in [0.05, 0.1) is 28.7 Å². The van der Waals surface area contributed by atoms with Gasteiger partial charge in [0.15, 0.2) is 6.61 Å². The van der Waals surface area contributed by atoms with Crippen LogP contribution in [0.3, 0.4) is 0 Å². The predicted molar refractivity (Wildman–Crippen MR) is 137 cm³/mol. The smallest absolute Gasteiger partial charge is 0.338 e. The summed E-state index contributed by atoms with van der Waals surface area (Å²) in [6.07, 6.45) is 0.00243. The molecule has 36 heavy (non-hydrogen) atoms. The van der Waals surface area contributed by atoms with Crippen LogP contribution in [0.4, 0.5) is 5.69 Å². The SMILES string of the molecule is O=C(OCC(=O)c1ccc(Cl)cc1Cl)c1ccc(N2C(=O)CC(NCc3ccccc3Cl)C2=O)cc1. The third-order valence-corrected chi connectivity index (χ3v) is 6.49. The number of ketones is 1. The molecule has 0 spiro atoms. The number of esters is 1. The number of hydrogen-bond acceptors (Lipinski definition) is 6. The van der Waals surface area contributed by atoms with Gasteiger partial charge in [0.25, 0.3) is 5.91 Å². The Morgan fingerprint density at radius 3 is 2.36 bits per heavy atom. The summed E-state index contributed by atoms with van der Waals surface area (Å²) in [4.78, 5) is 51.2. The summed E-state index contributed by atoms with van der Waals surface area (Å²) in [5.74, 6) is -1.98. The summed E-state index contributed by atoms with van der Waals surface area (Å²) in [6, 6.07) is 16.7. The van der Waals surface area contributed by atoms with E-state index >= 15 is 0 Å². The minimum atomic E-state index is -0.738. The second-order valence-corrected chi connectivity index (χ2v) is 9.22. The van der Waals surface area contributed by atoms with Crippen LogP contribution < -0.4 is 10.2 Å². The fourth-order valence-corrected chi connectivity index (χ4v) is 4.41. The molecule has 2 amide bonds. The highest BCUT2D eigenvalue weighted by atomic mass is 35.5. The number of benzene rings is 3. The molecular formula is C26H19Cl3N2O5. The topological polar surface area (TPSA) is 92.8 Å². The molecule has 1 aliphatic heterocycles. The first-order valence-corrected chi connectivity index (χ1v) is 12.0. The summed E-state index contributed by atoms with van der Waals surface area (Å²) in [6.45, 7) is -0.175. The highest BCUT2D eigenvalue weighted by Gasteiger charge is 2.39. The number of imide groups is 1. The van der Waals surface area contributed by atoms with E-state index < -0.39 is 30.3 Å². The number of nitrogens with one attached hydrogen (secondary N) is 1. The number of nitrogens with zero attached hydrogens (tertiary/aromatic N) is 1. The van der Waals surface area contributed by atoms with Crippen molar-refractivity contribution in [3.05, 3.63) is 98.5 Å². The second kappa shape index (κ2) is 11.2. The zero-order chi connectivity index (χ0) is 25.8. The highest BCUT2D eigenvalue weighted by molar-refractivity contribution is 6.37. The van der Waals surface area contributed by atoms with Gasteiger partial charge in [0.1, 0.15) is 0 Å². The van der Waals surface area contributed by atoms with Gasteiger partial charge in [-0.2, -0.15) is 0 Å². The summed E-state index contributed by atoms with van der Waals surface area (Å²) in [7, 11) is 0. The third kappa shape index (κ3) is 5.77. The minimum Gasteiger partial charge on any atom is -0.454 e. The molecule has 0 saturated carbocycles. The lowest BCUT2D eigenvalue weighted by Crippen LogP contribution is -2.38. The van der Waals surface area contributed by atoms with Crippen molar-refractivity contribution >= 4 is 64.1 Å². The number of amides is 2. The Balaban J connectivity index is 1.36. The maximum atomic E-state index is 12.9. The molecule has 1 unspecified atom stereocenters. The monoisotopic (exact) mass is 544 g/mol. The van der Waals surface area contributed by atoms with Crippen molar-refractivity contribution in [1.82, 2.24) is 5.32 Å². The van der Waals surface area contributed by atoms with Crippen LogP contribution in [-0.2, 0) is 20.9 Å². The molecule has 1 atom stereocenters. The molecule has 0 bridgehead atoms. The van der Waals surface area contributed by atoms with Gasteiger partial charge < -0.3 is 10.1 Å². The number of anilines is 1. The maximum absolute atomic E-state index is 12.9. The molecule has 0 aromatic heterocycles. The fraction of sp³-hybridized carbons (Fsp3) is 0.154. The molecular weight excluding hydrogens is 527 g/mol.